The third kappa shape index (κ3) is 4.09. The number of rotatable bonds is 6. The lowest BCUT2D eigenvalue weighted by atomic mass is 10.1. The zero-order chi connectivity index (χ0) is 14.4. The molecule has 0 unspecified atom stereocenters. The molecule has 0 aliphatic rings. The summed E-state index contributed by atoms with van der Waals surface area (Å²) in [4.78, 5) is 2.30. The molecule has 0 radical (unpaired) electrons. The van der Waals surface area contributed by atoms with E-state index >= 15 is 0 Å². The van der Waals surface area contributed by atoms with Crippen molar-refractivity contribution < 1.29 is 0 Å². The Bertz CT molecular complexity index is 554. The van der Waals surface area contributed by atoms with Crippen LogP contribution in [0.3, 0.4) is 0 Å². The van der Waals surface area contributed by atoms with E-state index in [-0.39, 0.29) is 0 Å². The summed E-state index contributed by atoms with van der Waals surface area (Å²) < 4.78 is 1.13. The van der Waals surface area contributed by atoms with E-state index in [0.29, 0.717) is 0 Å². The smallest absolute Gasteiger partial charge is 0.0426 e. The Balaban J connectivity index is 2.14. The molecule has 0 saturated carbocycles. The van der Waals surface area contributed by atoms with Crippen molar-refractivity contribution in [2.45, 2.75) is 20.0 Å². The fourth-order valence-electron chi connectivity index (χ4n) is 2.29. The van der Waals surface area contributed by atoms with Gasteiger partial charge >= 0.3 is 0 Å². The van der Waals surface area contributed by atoms with Crippen LogP contribution in [0.25, 0.3) is 0 Å². The zero-order valence-electron chi connectivity index (χ0n) is 12.1. The van der Waals surface area contributed by atoms with E-state index in [0.717, 1.165) is 24.1 Å². The van der Waals surface area contributed by atoms with E-state index in [4.69, 9.17) is 0 Å². The van der Waals surface area contributed by atoms with E-state index < -0.39 is 0 Å². The molecule has 0 aliphatic carbocycles. The highest BCUT2D eigenvalue weighted by Crippen LogP contribution is 2.22. The molecule has 1 N–H and O–H groups in total. The average Bonchev–Trinajstić information content (AvgIpc) is 2.45. The highest BCUT2D eigenvalue weighted by Gasteiger charge is 2.07. The first-order valence-corrected chi connectivity index (χ1v) is 7.74. The molecule has 106 valence electrons. The van der Waals surface area contributed by atoms with Crippen molar-refractivity contribution in [2.24, 2.45) is 0 Å². The summed E-state index contributed by atoms with van der Waals surface area (Å²) in [5, 5.41) is 3.40. The minimum Gasteiger partial charge on any atom is -0.370 e. The van der Waals surface area contributed by atoms with Gasteiger partial charge in [0, 0.05) is 30.3 Å². The molecular weight excluding hydrogens is 312 g/mol. The summed E-state index contributed by atoms with van der Waals surface area (Å²) in [6.45, 7) is 4.94. The first-order chi connectivity index (χ1) is 9.70. The summed E-state index contributed by atoms with van der Waals surface area (Å²) in [5.74, 6) is 0. The van der Waals surface area contributed by atoms with E-state index in [1.807, 2.05) is 0 Å². The summed E-state index contributed by atoms with van der Waals surface area (Å²) in [6.07, 6.45) is 0. The van der Waals surface area contributed by atoms with Gasteiger partial charge in [0.2, 0.25) is 0 Å². The maximum Gasteiger partial charge on any atom is 0.0426 e. The van der Waals surface area contributed by atoms with Crippen LogP contribution in [0.1, 0.15) is 18.1 Å². The molecule has 0 aliphatic heterocycles. The van der Waals surface area contributed by atoms with Gasteiger partial charge in [0.25, 0.3) is 0 Å². The van der Waals surface area contributed by atoms with Gasteiger partial charge in [-0.2, -0.15) is 0 Å². The predicted molar refractivity (Wildman–Crippen MR) is 90.1 cm³/mol. The van der Waals surface area contributed by atoms with Gasteiger partial charge in [-0.05, 0) is 35.9 Å². The molecule has 2 aromatic carbocycles. The number of anilines is 1. The zero-order valence-corrected chi connectivity index (χ0v) is 13.7. The maximum absolute atomic E-state index is 3.53. The molecule has 2 rings (SSSR count). The minimum absolute atomic E-state index is 0.905. The lowest BCUT2D eigenvalue weighted by Gasteiger charge is -2.23. The van der Waals surface area contributed by atoms with Gasteiger partial charge in [-0.25, -0.2) is 0 Å². The Hall–Kier alpha value is -1.32. The Morgan fingerprint density at radius 2 is 1.90 bits per heavy atom. The molecule has 0 aromatic heterocycles. The fraction of sp³-hybridized carbons (Fsp3) is 0.294. The second-order valence-electron chi connectivity index (χ2n) is 4.90. The molecule has 0 bridgehead atoms. The maximum atomic E-state index is 3.53. The highest BCUT2D eigenvalue weighted by atomic mass is 79.9. The molecule has 0 saturated heterocycles. The molecule has 2 nitrogen and oxygen atoms in total. The number of nitrogens with one attached hydrogen (secondary N) is 1. The third-order valence-corrected chi connectivity index (χ3v) is 3.77. The van der Waals surface area contributed by atoms with Crippen molar-refractivity contribution in [3.05, 3.63) is 64.1 Å². The van der Waals surface area contributed by atoms with Crippen LogP contribution in [-0.2, 0) is 13.1 Å². The van der Waals surface area contributed by atoms with Crippen molar-refractivity contribution in [1.29, 1.82) is 0 Å². The summed E-state index contributed by atoms with van der Waals surface area (Å²) in [5.41, 5.74) is 3.93. The highest BCUT2D eigenvalue weighted by molar-refractivity contribution is 9.10. The number of benzene rings is 2. The van der Waals surface area contributed by atoms with Crippen LogP contribution in [0.5, 0.6) is 0 Å². The molecule has 0 amide bonds. The first kappa shape index (κ1) is 15.1. The van der Waals surface area contributed by atoms with Gasteiger partial charge in [-0.15, -0.1) is 0 Å². The van der Waals surface area contributed by atoms with E-state index in [1.54, 1.807) is 0 Å². The lowest BCUT2D eigenvalue weighted by Crippen LogP contribution is -2.20. The van der Waals surface area contributed by atoms with Crippen molar-refractivity contribution in [3.8, 4) is 0 Å². The van der Waals surface area contributed by atoms with Crippen LogP contribution < -0.4 is 10.2 Å². The monoisotopic (exact) mass is 332 g/mol. The minimum atomic E-state index is 0.905. The predicted octanol–water partition coefficient (Wildman–Crippen LogP) is 4.20. The van der Waals surface area contributed by atoms with Gasteiger partial charge in [0.05, 0.1) is 0 Å². The normalized spacial score (nSPS) is 10.6. The number of hydrogen-bond donors (Lipinski definition) is 1. The van der Waals surface area contributed by atoms with Crippen molar-refractivity contribution in [3.63, 3.8) is 0 Å². The quantitative estimate of drug-likeness (QED) is 0.852. The van der Waals surface area contributed by atoms with E-state index in [2.05, 4.69) is 88.6 Å². The molecule has 20 heavy (non-hydrogen) atoms. The van der Waals surface area contributed by atoms with Crippen LogP contribution in [0.2, 0.25) is 0 Å². The van der Waals surface area contributed by atoms with Crippen LogP contribution in [0.15, 0.2) is 53.0 Å². The van der Waals surface area contributed by atoms with Gasteiger partial charge < -0.3 is 10.2 Å². The molecule has 0 heterocycles. The van der Waals surface area contributed by atoms with Crippen molar-refractivity contribution in [1.82, 2.24) is 5.32 Å². The Labute approximate surface area is 129 Å². The molecule has 2 aromatic rings. The van der Waals surface area contributed by atoms with Gasteiger partial charge in [-0.1, -0.05) is 53.2 Å². The van der Waals surface area contributed by atoms with E-state index in [1.165, 1.54) is 16.8 Å². The summed E-state index contributed by atoms with van der Waals surface area (Å²) >= 11 is 3.53. The number of halogens is 1. The van der Waals surface area contributed by atoms with Gasteiger partial charge in [0.15, 0.2) is 0 Å². The van der Waals surface area contributed by atoms with Gasteiger partial charge in [0.1, 0.15) is 0 Å². The van der Waals surface area contributed by atoms with Crippen LogP contribution >= 0.6 is 15.9 Å². The number of hydrogen-bond acceptors (Lipinski definition) is 2. The second-order valence-corrected chi connectivity index (χ2v) is 5.81. The standard InChI is InChI=1S/C17H21BrN2/c1-3-19-12-15-8-4-5-10-17(15)20(2)13-14-7-6-9-16(18)11-14/h4-11,19H,3,12-13H2,1-2H3. The Morgan fingerprint density at radius 1 is 1.10 bits per heavy atom. The lowest BCUT2D eigenvalue weighted by molar-refractivity contribution is 0.723. The molecule has 3 heteroatoms. The molecule has 0 atom stereocenters. The second kappa shape index (κ2) is 7.46. The fourth-order valence-corrected chi connectivity index (χ4v) is 2.73. The topological polar surface area (TPSA) is 15.3 Å². The summed E-state index contributed by atoms with van der Waals surface area (Å²) in [7, 11) is 2.14. The van der Waals surface area contributed by atoms with Gasteiger partial charge in [-0.3, -0.25) is 0 Å². The Morgan fingerprint density at radius 3 is 2.65 bits per heavy atom. The van der Waals surface area contributed by atoms with Crippen LogP contribution in [-0.4, -0.2) is 13.6 Å². The molecule has 0 spiro atoms. The average molecular weight is 333 g/mol. The van der Waals surface area contributed by atoms with Crippen molar-refractivity contribution in [2.75, 3.05) is 18.5 Å². The Kier molecular flexibility index (Phi) is 5.62. The third-order valence-electron chi connectivity index (χ3n) is 3.28. The number of nitrogens with zero attached hydrogens (tertiary/aromatic N) is 1. The summed E-state index contributed by atoms with van der Waals surface area (Å²) in [6, 6.07) is 17.0. The van der Waals surface area contributed by atoms with Crippen molar-refractivity contribution >= 4 is 21.6 Å². The van der Waals surface area contributed by atoms with E-state index in [9.17, 15) is 0 Å². The SMILES string of the molecule is CCNCc1ccccc1N(C)Cc1cccc(Br)c1. The molecular formula is C17H21BrN2. The molecule has 0 fully saturated rings. The first-order valence-electron chi connectivity index (χ1n) is 6.95. The number of para-hydroxylation sites is 1. The van der Waals surface area contributed by atoms with Crippen LogP contribution in [0, 0.1) is 0 Å². The largest absolute Gasteiger partial charge is 0.370 e. The van der Waals surface area contributed by atoms with Crippen LogP contribution in [0.4, 0.5) is 5.69 Å².